The van der Waals surface area contributed by atoms with E-state index in [1.807, 2.05) is 26.0 Å². The van der Waals surface area contributed by atoms with Crippen molar-refractivity contribution < 1.29 is 23.9 Å². The lowest BCUT2D eigenvalue weighted by molar-refractivity contribution is -0.153. The number of esters is 1. The summed E-state index contributed by atoms with van der Waals surface area (Å²) in [4.78, 5) is 35.6. The molecular formula is C16H22N2O5. The topological polar surface area (TPSA) is 84.9 Å². The maximum Gasteiger partial charge on any atom is 0.344 e. The molecule has 2 amide bonds. The number of carbonyl (C=O) groups excluding carboxylic acids is 3. The van der Waals surface area contributed by atoms with Crippen molar-refractivity contribution in [3.05, 3.63) is 29.3 Å². The summed E-state index contributed by atoms with van der Waals surface area (Å²) in [6.45, 7) is 3.04. The quantitative estimate of drug-likeness (QED) is 0.736. The van der Waals surface area contributed by atoms with Crippen LogP contribution < -0.4 is 10.1 Å². The molecule has 0 unspecified atom stereocenters. The van der Waals surface area contributed by atoms with Crippen LogP contribution in [0.4, 0.5) is 0 Å². The SMILES string of the molecule is CNC(=O)CN(C)C(=O)COC(=O)COc1ccc(C)cc1C. The van der Waals surface area contributed by atoms with Crippen molar-refractivity contribution in [3.63, 3.8) is 0 Å². The molecular weight excluding hydrogens is 300 g/mol. The predicted molar refractivity (Wildman–Crippen MR) is 84.1 cm³/mol. The van der Waals surface area contributed by atoms with Crippen molar-refractivity contribution in [2.24, 2.45) is 0 Å². The van der Waals surface area contributed by atoms with Gasteiger partial charge in [-0.15, -0.1) is 0 Å². The maximum absolute atomic E-state index is 11.7. The van der Waals surface area contributed by atoms with E-state index >= 15 is 0 Å². The molecule has 0 aromatic heterocycles. The van der Waals surface area contributed by atoms with Gasteiger partial charge in [0.25, 0.3) is 5.91 Å². The molecule has 7 nitrogen and oxygen atoms in total. The summed E-state index contributed by atoms with van der Waals surface area (Å²) < 4.78 is 10.2. The molecule has 7 heteroatoms. The molecule has 126 valence electrons. The minimum absolute atomic E-state index is 0.0913. The van der Waals surface area contributed by atoms with Gasteiger partial charge in [-0.05, 0) is 25.5 Å². The highest BCUT2D eigenvalue weighted by molar-refractivity contribution is 5.86. The van der Waals surface area contributed by atoms with Crippen LogP contribution in [0.5, 0.6) is 5.75 Å². The largest absolute Gasteiger partial charge is 0.482 e. The summed E-state index contributed by atoms with van der Waals surface area (Å²) in [5, 5.41) is 2.40. The second kappa shape index (κ2) is 8.77. The highest BCUT2D eigenvalue weighted by Crippen LogP contribution is 2.18. The molecule has 1 aromatic rings. The molecule has 1 aromatic carbocycles. The molecule has 0 radical (unpaired) electrons. The van der Waals surface area contributed by atoms with E-state index in [9.17, 15) is 14.4 Å². The number of ether oxygens (including phenoxy) is 2. The second-order valence-electron chi connectivity index (χ2n) is 5.14. The minimum atomic E-state index is -0.647. The van der Waals surface area contributed by atoms with Crippen molar-refractivity contribution in [3.8, 4) is 5.75 Å². The molecule has 0 fully saturated rings. The van der Waals surface area contributed by atoms with Gasteiger partial charge in [0.15, 0.2) is 13.2 Å². The van der Waals surface area contributed by atoms with Crippen LogP contribution in [0, 0.1) is 13.8 Å². The first kappa shape index (κ1) is 18.5. The number of likely N-dealkylation sites (N-methyl/N-ethyl adjacent to an activating group) is 2. The first-order valence-electron chi connectivity index (χ1n) is 7.13. The Bertz CT molecular complexity index is 586. The number of hydrogen-bond acceptors (Lipinski definition) is 5. The Morgan fingerprint density at radius 2 is 1.87 bits per heavy atom. The Morgan fingerprint density at radius 3 is 2.48 bits per heavy atom. The highest BCUT2D eigenvalue weighted by Gasteiger charge is 2.15. The average Bonchev–Trinajstić information content (AvgIpc) is 2.51. The summed E-state index contributed by atoms with van der Waals surface area (Å²) in [6, 6.07) is 5.60. The van der Waals surface area contributed by atoms with Crippen molar-refractivity contribution in [2.75, 3.05) is 33.9 Å². The van der Waals surface area contributed by atoms with Gasteiger partial charge < -0.3 is 19.7 Å². The van der Waals surface area contributed by atoms with Crippen molar-refractivity contribution in [2.45, 2.75) is 13.8 Å². The smallest absolute Gasteiger partial charge is 0.344 e. The molecule has 0 bridgehead atoms. The Morgan fingerprint density at radius 1 is 1.17 bits per heavy atom. The molecule has 0 heterocycles. The molecule has 0 saturated carbocycles. The number of benzene rings is 1. The number of hydrogen-bond donors (Lipinski definition) is 1. The Balaban J connectivity index is 2.36. The predicted octanol–water partition coefficient (Wildman–Crippen LogP) is 0.430. The highest BCUT2D eigenvalue weighted by atomic mass is 16.6. The number of amides is 2. The van der Waals surface area contributed by atoms with Crippen LogP contribution in [0.2, 0.25) is 0 Å². The molecule has 0 aliphatic carbocycles. The number of nitrogens with zero attached hydrogens (tertiary/aromatic N) is 1. The molecule has 0 aliphatic rings. The van der Waals surface area contributed by atoms with Crippen molar-refractivity contribution in [1.82, 2.24) is 10.2 Å². The van der Waals surface area contributed by atoms with Gasteiger partial charge in [0.2, 0.25) is 5.91 Å². The van der Waals surface area contributed by atoms with E-state index < -0.39 is 18.5 Å². The zero-order valence-corrected chi connectivity index (χ0v) is 13.8. The molecule has 0 saturated heterocycles. The van der Waals surface area contributed by atoms with E-state index in [0.29, 0.717) is 5.75 Å². The van der Waals surface area contributed by atoms with E-state index in [4.69, 9.17) is 9.47 Å². The van der Waals surface area contributed by atoms with Gasteiger partial charge in [-0.25, -0.2) is 4.79 Å². The first-order valence-corrected chi connectivity index (χ1v) is 7.13. The number of rotatable bonds is 7. The standard InChI is InChI=1S/C16H22N2O5/c1-11-5-6-13(12(2)7-11)22-10-16(21)23-9-15(20)18(4)8-14(19)17-3/h5-7H,8-10H2,1-4H3,(H,17,19). The fraction of sp³-hybridized carbons (Fsp3) is 0.438. The lowest BCUT2D eigenvalue weighted by atomic mass is 10.1. The van der Waals surface area contributed by atoms with Crippen LogP contribution in [0.25, 0.3) is 0 Å². The van der Waals surface area contributed by atoms with Crippen molar-refractivity contribution in [1.29, 1.82) is 0 Å². The number of nitrogens with one attached hydrogen (secondary N) is 1. The van der Waals surface area contributed by atoms with E-state index in [-0.39, 0.29) is 19.1 Å². The van der Waals surface area contributed by atoms with E-state index in [1.54, 1.807) is 6.07 Å². The first-order chi connectivity index (χ1) is 10.8. The fourth-order valence-electron chi connectivity index (χ4n) is 1.77. The zero-order chi connectivity index (χ0) is 17.4. The summed E-state index contributed by atoms with van der Waals surface area (Å²) in [5.41, 5.74) is 2.02. The van der Waals surface area contributed by atoms with Gasteiger partial charge in [0.05, 0.1) is 6.54 Å². The Labute approximate surface area is 135 Å². The van der Waals surface area contributed by atoms with Gasteiger partial charge in [0.1, 0.15) is 5.75 Å². The summed E-state index contributed by atoms with van der Waals surface area (Å²) in [6.07, 6.45) is 0. The molecule has 0 spiro atoms. The average molecular weight is 322 g/mol. The number of aryl methyl sites for hydroxylation is 2. The molecule has 0 atom stereocenters. The summed E-state index contributed by atoms with van der Waals surface area (Å²) in [5.74, 6) is -0.818. The van der Waals surface area contributed by atoms with E-state index in [2.05, 4.69) is 5.32 Å². The van der Waals surface area contributed by atoms with Gasteiger partial charge in [-0.3, -0.25) is 9.59 Å². The molecule has 1 N–H and O–H groups in total. The van der Waals surface area contributed by atoms with Gasteiger partial charge in [0, 0.05) is 14.1 Å². The van der Waals surface area contributed by atoms with Crippen molar-refractivity contribution >= 4 is 17.8 Å². The second-order valence-corrected chi connectivity index (χ2v) is 5.14. The lowest BCUT2D eigenvalue weighted by Crippen LogP contribution is -2.39. The Hall–Kier alpha value is -2.57. The van der Waals surface area contributed by atoms with Crippen LogP contribution in [0.15, 0.2) is 18.2 Å². The third kappa shape index (κ3) is 6.37. The van der Waals surface area contributed by atoms with Crippen LogP contribution in [0.1, 0.15) is 11.1 Å². The van der Waals surface area contributed by atoms with Crippen LogP contribution in [-0.4, -0.2) is 56.5 Å². The third-order valence-corrected chi connectivity index (χ3v) is 3.12. The van der Waals surface area contributed by atoms with Crippen LogP contribution in [-0.2, 0) is 19.1 Å². The van der Waals surface area contributed by atoms with Gasteiger partial charge in [-0.1, -0.05) is 17.7 Å². The molecule has 23 heavy (non-hydrogen) atoms. The van der Waals surface area contributed by atoms with Gasteiger partial charge in [-0.2, -0.15) is 0 Å². The summed E-state index contributed by atoms with van der Waals surface area (Å²) in [7, 11) is 2.93. The van der Waals surface area contributed by atoms with E-state index in [1.165, 1.54) is 19.0 Å². The Kier molecular flexibility index (Phi) is 7.05. The number of carbonyl (C=O) groups is 3. The lowest BCUT2D eigenvalue weighted by Gasteiger charge is -2.16. The zero-order valence-electron chi connectivity index (χ0n) is 13.8. The molecule has 0 aliphatic heterocycles. The van der Waals surface area contributed by atoms with Gasteiger partial charge >= 0.3 is 5.97 Å². The maximum atomic E-state index is 11.7. The normalized spacial score (nSPS) is 9.91. The summed E-state index contributed by atoms with van der Waals surface area (Å²) >= 11 is 0. The van der Waals surface area contributed by atoms with Crippen LogP contribution >= 0.6 is 0 Å². The third-order valence-electron chi connectivity index (χ3n) is 3.12. The van der Waals surface area contributed by atoms with Crippen LogP contribution in [0.3, 0.4) is 0 Å². The minimum Gasteiger partial charge on any atom is -0.482 e. The monoisotopic (exact) mass is 322 g/mol. The molecule has 1 rings (SSSR count). The fourth-order valence-corrected chi connectivity index (χ4v) is 1.77. The van der Waals surface area contributed by atoms with E-state index in [0.717, 1.165) is 11.1 Å².